The van der Waals surface area contributed by atoms with Crippen LogP contribution in [0.4, 0.5) is 5.69 Å². The molecule has 1 heterocycles. The molecule has 27 heavy (non-hydrogen) atoms. The number of thiophene rings is 1. The number of benzene rings is 2. The fourth-order valence-corrected chi connectivity index (χ4v) is 4.54. The van der Waals surface area contributed by atoms with E-state index >= 15 is 0 Å². The molecule has 3 aromatic rings. The summed E-state index contributed by atoms with van der Waals surface area (Å²) in [5.74, 6) is -0.286. The molecule has 0 aliphatic rings. The van der Waals surface area contributed by atoms with E-state index in [0.29, 0.717) is 17.8 Å². The van der Waals surface area contributed by atoms with Gasteiger partial charge in [-0.05, 0) is 48.2 Å². The number of nitrogens with zero attached hydrogens (tertiary/aromatic N) is 1. The highest BCUT2D eigenvalue weighted by atomic mass is 32.2. The molecule has 0 aliphatic heterocycles. The Kier molecular flexibility index (Phi) is 5.93. The Morgan fingerprint density at radius 2 is 1.81 bits per heavy atom. The van der Waals surface area contributed by atoms with Crippen LogP contribution in [0.15, 0.2) is 77.0 Å². The third-order valence-corrected chi connectivity index (χ3v) is 6.83. The van der Waals surface area contributed by atoms with Crippen molar-refractivity contribution in [2.45, 2.75) is 11.3 Å². The van der Waals surface area contributed by atoms with Crippen molar-refractivity contribution in [2.24, 2.45) is 0 Å². The number of hydrogen-bond donors (Lipinski definition) is 1. The van der Waals surface area contributed by atoms with Gasteiger partial charge in [0.25, 0.3) is 15.9 Å². The summed E-state index contributed by atoms with van der Waals surface area (Å²) < 4.78 is 27.0. The fraction of sp³-hybridized carbons (Fsp3) is 0.150. The van der Waals surface area contributed by atoms with Gasteiger partial charge in [-0.15, -0.1) is 11.3 Å². The standard InChI is InChI=1S/C20H20N2O3S2/c1-22(17-8-3-2-4-9-17)27(24,25)19-11-5-7-16(15-19)20(23)21-13-12-18-10-6-14-26-18/h2-11,14-15H,12-13H2,1H3,(H,21,23). The van der Waals surface area contributed by atoms with Gasteiger partial charge < -0.3 is 5.32 Å². The lowest BCUT2D eigenvalue weighted by atomic mass is 10.2. The molecule has 0 spiro atoms. The molecule has 0 saturated heterocycles. The normalized spacial score (nSPS) is 11.1. The fourth-order valence-electron chi connectivity index (χ4n) is 2.59. The average Bonchev–Trinajstić information content (AvgIpc) is 3.21. The zero-order valence-electron chi connectivity index (χ0n) is 14.8. The Labute approximate surface area is 163 Å². The largest absolute Gasteiger partial charge is 0.352 e. The maximum Gasteiger partial charge on any atom is 0.264 e. The zero-order valence-corrected chi connectivity index (χ0v) is 16.5. The summed E-state index contributed by atoms with van der Waals surface area (Å²) in [4.78, 5) is 13.6. The number of carbonyl (C=O) groups excluding carboxylic acids is 1. The van der Waals surface area contributed by atoms with Crippen LogP contribution in [0, 0.1) is 0 Å². The van der Waals surface area contributed by atoms with Gasteiger partial charge in [-0.2, -0.15) is 0 Å². The Morgan fingerprint density at radius 1 is 1.04 bits per heavy atom. The molecule has 0 radical (unpaired) electrons. The maximum absolute atomic E-state index is 12.9. The molecule has 0 atom stereocenters. The van der Waals surface area contributed by atoms with Gasteiger partial charge in [-0.1, -0.05) is 30.3 Å². The van der Waals surface area contributed by atoms with Crippen molar-refractivity contribution >= 4 is 33.0 Å². The van der Waals surface area contributed by atoms with Crippen molar-refractivity contribution in [3.05, 3.63) is 82.6 Å². The van der Waals surface area contributed by atoms with Gasteiger partial charge in [0.05, 0.1) is 10.6 Å². The second-order valence-electron chi connectivity index (χ2n) is 5.92. The van der Waals surface area contributed by atoms with Crippen LogP contribution in [-0.4, -0.2) is 27.9 Å². The molecule has 140 valence electrons. The molecule has 1 amide bonds. The summed E-state index contributed by atoms with van der Waals surface area (Å²) in [7, 11) is -2.25. The molecule has 0 saturated carbocycles. The van der Waals surface area contributed by atoms with E-state index in [1.54, 1.807) is 47.7 Å². The number of nitrogens with one attached hydrogen (secondary N) is 1. The van der Waals surface area contributed by atoms with E-state index in [2.05, 4.69) is 5.32 Å². The molecule has 3 rings (SSSR count). The smallest absolute Gasteiger partial charge is 0.264 e. The van der Waals surface area contributed by atoms with Crippen LogP contribution in [0.25, 0.3) is 0 Å². The Morgan fingerprint density at radius 3 is 2.52 bits per heavy atom. The van der Waals surface area contributed by atoms with Gasteiger partial charge in [0.2, 0.25) is 0 Å². The molecular weight excluding hydrogens is 380 g/mol. The third kappa shape index (κ3) is 4.56. The zero-order chi connectivity index (χ0) is 19.3. The number of carbonyl (C=O) groups is 1. The minimum Gasteiger partial charge on any atom is -0.352 e. The summed E-state index contributed by atoms with van der Waals surface area (Å²) in [6.45, 7) is 0.500. The maximum atomic E-state index is 12.9. The van der Waals surface area contributed by atoms with Crippen LogP contribution in [0.1, 0.15) is 15.2 Å². The van der Waals surface area contributed by atoms with E-state index in [9.17, 15) is 13.2 Å². The van der Waals surface area contributed by atoms with Crippen molar-refractivity contribution in [2.75, 3.05) is 17.9 Å². The first kappa shape index (κ1) is 19.1. The van der Waals surface area contributed by atoms with E-state index in [1.807, 2.05) is 23.6 Å². The predicted octanol–water partition coefficient (Wildman–Crippen LogP) is 3.55. The van der Waals surface area contributed by atoms with Crippen molar-refractivity contribution < 1.29 is 13.2 Å². The van der Waals surface area contributed by atoms with Gasteiger partial charge in [0.1, 0.15) is 0 Å². The van der Waals surface area contributed by atoms with Gasteiger partial charge >= 0.3 is 0 Å². The highest BCUT2D eigenvalue weighted by Crippen LogP contribution is 2.22. The number of amides is 1. The Hall–Kier alpha value is -2.64. The van der Waals surface area contributed by atoms with Crippen molar-refractivity contribution in [3.63, 3.8) is 0 Å². The lowest BCUT2D eigenvalue weighted by Gasteiger charge is -2.19. The summed E-state index contributed by atoms with van der Waals surface area (Å²) in [6.07, 6.45) is 0.748. The van der Waals surface area contributed by atoms with Gasteiger partial charge in [0, 0.05) is 24.0 Å². The molecule has 1 N–H and O–H groups in total. The van der Waals surface area contributed by atoms with E-state index in [0.717, 1.165) is 6.42 Å². The highest BCUT2D eigenvalue weighted by molar-refractivity contribution is 7.92. The Bertz CT molecular complexity index is 1000. The third-order valence-electron chi connectivity index (χ3n) is 4.11. The van der Waals surface area contributed by atoms with E-state index in [-0.39, 0.29) is 10.8 Å². The molecule has 0 fully saturated rings. The number of hydrogen-bond acceptors (Lipinski definition) is 4. The number of sulfonamides is 1. The Balaban J connectivity index is 1.73. The molecule has 2 aromatic carbocycles. The minimum atomic E-state index is -3.75. The van der Waals surface area contributed by atoms with Crippen LogP contribution < -0.4 is 9.62 Å². The topological polar surface area (TPSA) is 66.5 Å². The number of para-hydroxylation sites is 1. The number of anilines is 1. The van der Waals surface area contributed by atoms with Crippen LogP contribution in [0.5, 0.6) is 0 Å². The first-order valence-electron chi connectivity index (χ1n) is 8.43. The molecule has 7 heteroatoms. The lowest BCUT2D eigenvalue weighted by molar-refractivity contribution is 0.0954. The molecular formula is C20H20N2O3S2. The quantitative estimate of drug-likeness (QED) is 0.660. The molecule has 0 bridgehead atoms. The minimum absolute atomic E-state index is 0.0831. The monoisotopic (exact) mass is 400 g/mol. The van der Waals surface area contributed by atoms with Crippen molar-refractivity contribution in [3.8, 4) is 0 Å². The van der Waals surface area contributed by atoms with E-state index in [1.165, 1.54) is 28.4 Å². The predicted molar refractivity (Wildman–Crippen MR) is 109 cm³/mol. The van der Waals surface area contributed by atoms with Crippen molar-refractivity contribution in [1.82, 2.24) is 5.32 Å². The van der Waals surface area contributed by atoms with Gasteiger partial charge in [0.15, 0.2) is 0 Å². The summed E-state index contributed by atoms with van der Waals surface area (Å²) >= 11 is 1.64. The van der Waals surface area contributed by atoms with E-state index < -0.39 is 10.0 Å². The van der Waals surface area contributed by atoms with E-state index in [4.69, 9.17) is 0 Å². The molecule has 0 unspecified atom stereocenters. The second kappa shape index (κ2) is 8.37. The van der Waals surface area contributed by atoms with Crippen LogP contribution in [0.3, 0.4) is 0 Å². The molecule has 1 aromatic heterocycles. The first-order chi connectivity index (χ1) is 13.0. The van der Waals surface area contributed by atoms with Crippen LogP contribution in [0.2, 0.25) is 0 Å². The summed E-state index contributed by atoms with van der Waals surface area (Å²) in [5.41, 5.74) is 0.881. The highest BCUT2D eigenvalue weighted by Gasteiger charge is 2.22. The van der Waals surface area contributed by atoms with Crippen molar-refractivity contribution in [1.29, 1.82) is 0 Å². The summed E-state index contributed by atoms with van der Waals surface area (Å²) in [6, 6.07) is 18.9. The SMILES string of the molecule is CN(c1ccccc1)S(=O)(=O)c1cccc(C(=O)NCCc2cccs2)c1. The second-order valence-corrected chi connectivity index (χ2v) is 8.92. The molecule has 0 aliphatic carbocycles. The summed E-state index contributed by atoms with van der Waals surface area (Å²) in [5, 5.41) is 4.83. The number of rotatable bonds is 7. The van der Waals surface area contributed by atoms with Gasteiger partial charge in [-0.25, -0.2) is 8.42 Å². The van der Waals surface area contributed by atoms with Crippen LogP contribution in [-0.2, 0) is 16.4 Å². The lowest BCUT2D eigenvalue weighted by Crippen LogP contribution is -2.28. The first-order valence-corrected chi connectivity index (χ1v) is 10.7. The molecule has 5 nitrogen and oxygen atoms in total. The van der Waals surface area contributed by atoms with Crippen LogP contribution >= 0.6 is 11.3 Å². The van der Waals surface area contributed by atoms with Gasteiger partial charge in [-0.3, -0.25) is 9.10 Å². The average molecular weight is 401 g/mol.